The van der Waals surface area contributed by atoms with E-state index in [0.29, 0.717) is 17.4 Å². The largest absolute Gasteiger partial charge is 0.472 e. The Morgan fingerprint density at radius 2 is 0.859 bits per heavy atom. The van der Waals surface area contributed by atoms with Crippen molar-refractivity contribution >= 4 is 13.7 Å². The molecular formula is C62H106N2O6P+. The van der Waals surface area contributed by atoms with Crippen LogP contribution in [0, 0.1) is 0 Å². The number of rotatable bonds is 49. The predicted octanol–water partition coefficient (Wildman–Crippen LogP) is 17.1. The zero-order valence-electron chi connectivity index (χ0n) is 45.9. The molecule has 0 aliphatic rings. The van der Waals surface area contributed by atoms with E-state index >= 15 is 0 Å². The van der Waals surface area contributed by atoms with E-state index in [9.17, 15) is 19.4 Å². The topological polar surface area (TPSA) is 105 Å². The maximum atomic E-state index is 13.0. The van der Waals surface area contributed by atoms with Gasteiger partial charge in [0.2, 0.25) is 5.91 Å². The summed E-state index contributed by atoms with van der Waals surface area (Å²) in [7, 11) is 1.49. The molecule has 0 fully saturated rings. The maximum absolute atomic E-state index is 13.0. The van der Waals surface area contributed by atoms with Crippen LogP contribution in [0.2, 0.25) is 0 Å². The van der Waals surface area contributed by atoms with E-state index in [4.69, 9.17) is 9.05 Å². The van der Waals surface area contributed by atoms with E-state index in [0.717, 1.165) is 89.9 Å². The highest BCUT2D eigenvalue weighted by Crippen LogP contribution is 2.43. The van der Waals surface area contributed by atoms with Crippen LogP contribution in [-0.4, -0.2) is 73.4 Å². The number of nitrogens with zero attached hydrogens (tertiary/aromatic N) is 1. The summed E-state index contributed by atoms with van der Waals surface area (Å²) < 4.78 is 23.6. The molecule has 9 heteroatoms. The Morgan fingerprint density at radius 1 is 0.493 bits per heavy atom. The molecule has 0 heterocycles. The van der Waals surface area contributed by atoms with E-state index in [-0.39, 0.29) is 25.5 Å². The van der Waals surface area contributed by atoms with Gasteiger partial charge in [-0.1, -0.05) is 218 Å². The third-order valence-electron chi connectivity index (χ3n) is 11.6. The van der Waals surface area contributed by atoms with Gasteiger partial charge in [0, 0.05) is 6.42 Å². The quantitative estimate of drug-likeness (QED) is 0.0243. The number of hydrogen-bond donors (Lipinski definition) is 3. The maximum Gasteiger partial charge on any atom is 0.472 e. The van der Waals surface area contributed by atoms with Crippen LogP contribution in [0.1, 0.15) is 200 Å². The lowest BCUT2D eigenvalue weighted by atomic mass is 10.0. The van der Waals surface area contributed by atoms with Crippen LogP contribution >= 0.6 is 7.82 Å². The molecule has 0 aromatic rings. The van der Waals surface area contributed by atoms with E-state index in [1.165, 1.54) is 83.5 Å². The molecule has 0 aromatic heterocycles. The fraction of sp³-hybridized carbons (Fsp3) is 0.629. The lowest BCUT2D eigenvalue weighted by Gasteiger charge is -2.25. The first-order valence-electron chi connectivity index (χ1n) is 28.1. The Bertz CT molecular complexity index is 1610. The number of allylic oxidation sites excluding steroid dienone is 21. The molecule has 1 amide bonds. The summed E-state index contributed by atoms with van der Waals surface area (Å²) >= 11 is 0. The highest BCUT2D eigenvalue weighted by molar-refractivity contribution is 7.47. The third-order valence-corrected chi connectivity index (χ3v) is 12.6. The zero-order chi connectivity index (χ0) is 52.0. The molecule has 0 spiro atoms. The number of unbranched alkanes of at least 4 members (excludes halogenated alkanes) is 16. The molecule has 404 valence electrons. The molecule has 0 aliphatic heterocycles. The van der Waals surface area contributed by atoms with Gasteiger partial charge < -0.3 is 19.8 Å². The number of hydrogen-bond acceptors (Lipinski definition) is 5. The third kappa shape index (κ3) is 54.3. The van der Waals surface area contributed by atoms with Crippen molar-refractivity contribution in [2.75, 3.05) is 40.9 Å². The summed E-state index contributed by atoms with van der Waals surface area (Å²) in [6.07, 6.45) is 78.4. The molecule has 0 radical (unpaired) electrons. The van der Waals surface area contributed by atoms with E-state index in [2.05, 4.69) is 141 Å². The number of phosphoric acid groups is 1. The summed E-state index contributed by atoms with van der Waals surface area (Å²) in [4.78, 5) is 23.3. The molecular weight excluding hydrogens is 900 g/mol. The number of carbonyl (C=O) groups excluding carboxylic acids is 1. The minimum absolute atomic E-state index is 0.0368. The molecule has 3 N–H and O–H groups in total. The molecule has 0 saturated heterocycles. The first-order valence-corrected chi connectivity index (χ1v) is 29.6. The molecule has 0 bridgehead atoms. The van der Waals surface area contributed by atoms with Gasteiger partial charge in [-0.3, -0.25) is 13.8 Å². The monoisotopic (exact) mass is 1010 g/mol. The molecule has 71 heavy (non-hydrogen) atoms. The molecule has 3 unspecified atom stereocenters. The molecule has 0 saturated carbocycles. The van der Waals surface area contributed by atoms with Crippen LogP contribution in [0.25, 0.3) is 0 Å². The van der Waals surface area contributed by atoms with E-state index in [1.807, 2.05) is 27.2 Å². The number of quaternary nitrogens is 1. The lowest BCUT2D eigenvalue weighted by molar-refractivity contribution is -0.870. The minimum atomic E-state index is -4.38. The Balaban J connectivity index is 4.46. The van der Waals surface area contributed by atoms with Gasteiger partial charge in [-0.25, -0.2) is 4.57 Å². The fourth-order valence-electron chi connectivity index (χ4n) is 7.21. The van der Waals surface area contributed by atoms with Gasteiger partial charge in [-0.05, 0) is 109 Å². The minimum Gasteiger partial charge on any atom is -0.387 e. The molecule has 0 aromatic carbocycles. The first-order chi connectivity index (χ1) is 34.5. The summed E-state index contributed by atoms with van der Waals surface area (Å²) in [5, 5.41) is 13.9. The number of carbonyl (C=O) groups is 1. The van der Waals surface area contributed by atoms with E-state index < -0.39 is 20.0 Å². The van der Waals surface area contributed by atoms with Crippen molar-refractivity contribution in [3.05, 3.63) is 134 Å². The molecule has 3 atom stereocenters. The fourth-order valence-corrected chi connectivity index (χ4v) is 7.94. The van der Waals surface area contributed by atoms with Gasteiger partial charge in [0.15, 0.2) is 0 Å². The number of nitrogens with one attached hydrogen (secondary N) is 1. The second-order valence-corrected chi connectivity index (χ2v) is 21.0. The Morgan fingerprint density at radius 3 is 1.30 bits per heavy atom. The second kappa shape index (κ2) is 51.5. The number of aliphatic hydroxyl groups excluding tert-OH is 1. The van der Waals surface area contributed by atoms with Crippen molar-refractivity contribution in [2.45, 2.75) is 212 Å². The van der Waals surface area contributed by atoms with Crippen LogP contribution in [-0.2, 0) is 18.4 Å². The average molecular weight is 1010 g/mol. The van der Waals surface area contributed by atoms with Crippen LogP contribution in [0.3, 0.4) is 0 Å². The summed E-state index contributed by atoms with van der Waals surface area (Å²) in [5.41, 5.74) is 0. The highest BCUT2D eigenvalue weighted by atomic mass is 31.2. The van der Waals surface area contributed by atoms with Crippen molar-refractivity contribution in [1.29, 1.82) is 0 Å². The first kappa shape index (κ1) is 67.6. The Labute approximate surface area is 436 Å². The van der Waals surface area contributed by atoms with Gasteiger partial charge in [0.25, 0.3) is 0 Å². The SMILES string of the molecule is CC/C=C\C/C=C\C/C=C\C/C=C\C/C=C\C/C=C\C/C=C\C/C=C\CCCCC(=O)NC(COP(=O)(O)OCC[N+](C)(C)C)C(O)/C=C/CC/C=C/CC/C=C/CCCCCCCCCCCCCC. The summed E-state index contributed by atoms with van der Waals surface area (Å²) in [6.45, 7) is 4.62. The van der Waals surface area contributed by atoms with Gasteiger partial charge in [-0.2, -0.15) is 0 Å². The predicted molar refractivity (Wildman–Crippen MR) is 308 cm³/mol. The summed E-state index contributed by atoms with van der Waals surface area (Å²) in [5.74, 6) is -0.239. The number of phosphoric ester groups is 1. The molecule has 8 nitrogen and oxygen atoms in total. The van der Waals surface area contributed by atoms with Crippen molar-refractivity contribution < 1.29 is 32.9 Å². The van der Waals surface area contributed by atoms with E-state index in [1.54, 1.807) is 6.08 Å². The number of aliphatic hydroxyl groups is 1. The van der Waals surface area contributed by atoms with Crippen molar-refractivity contribution in [3.8, 4) is 0 Å². The van der Waals surface area contributed by atoms with Gasteiger partial charge in [0.05, 0.1) is 39.9 Å². The van der Waals surface area contributed by atoms with Crippen molar-refractivity contribution in [2.24, 2.45) is 0 Å². The van der Waals surface area contributed by atoms with Gasteiger partial charge in [-0.15, -0.1) is 0 Å². The number of amides is 1. The average Bonchev–Trinajstić information content (AvgIpc) is 3.33. The van der Waals surface area contributed by atoms with Crippen molar-refractivity contribution in [3.63, 3.8) is 0 Å². The van der Waals surface area contributed by atoms with Crippen LogP contribution in [0.5, 0.6) is 0 Å². The highest BCUT2D eigenvalue weighted by Gasteiger charge is 2.27. The van der Waals surface area contributed by atoms with Gasteiger partial charge >= 0.3 is 7.82 Å². The smallest absolute Gasteiger partial charge is 0.387 e. The zero-order valence-corrected chi connectivity index (χ0v) is 46.8. The second-order valence-electron chi connectivity index (χ2n) is 19.6. The van der Waals surface area contributed by atoms with Crippen LogP contribution in [0.4, 0.5) is 0 Å². The lowest BCUT2D eigenvalue weighted by Crippen LogP contribution is -2.45. The summed E-state index contributed by atoms with van der Waals surface area (Å²) in [6, 6.07) is -0.905. The molecule has 0 rings (SSSR count). The van der Waals surface area contributed by atoms with Crippen molar-refractivity contribution in [1.82, 2.24) is 5.32 Å². The Hall–Kier alpha value is -3.36. The standard InChI is InChI=1S/C62H105N2O6P/c1-6-8-10-12-14-16-18-20-22-24-26-28-30-31-32-33-34-36-38-40-42-44-46-48-50-52-54-56-62(66)63-60(59-70-71(67,68)69-58-57-64(3,4)5)61(65)55-53-51-49-47-45-43-41-39-37-35-29-27-25-23-21-19-17-15-13-11-9-7-2/h8,10,14,16,20,22,26,28,31-32,34,36-37,39-40,42,45-48,53,55,60-61,65H,6-7,9,11-13,15,17-19,21,23-25,27,29-30,33,35,38,41,43-44,49-52,54,56-59H2,1-5H3,(H-,63,66,67,68)/p+1/b10-8-,16-14-,22-20-,28-26-,32-31-,36-34-,39-37+,42-40-,47-45+,48-46-,55-53+. The van der Waals surface area contributed by atoms with Crippen LogP contribution in [0.15, 0.2) is 134 Å². The van der Waals surface area contributed by atoms with Gasteiger partial charge in [0.1, 0.15) is 13.2 Å². The molecule has 0 aliphatic carbocycles. The normalized spacial score (nSPS) is 15.0. The Kier molecular flexibility index (Phi) is 49.1. The number of likely N-dealkylation sites (N-methyl/N-ethyl adjacent to an activating group) is 1. The van der Waals surface area contributed by atoms with Crippen LogP contribution < -0.4 is 5.32 Å².